The Morgan fingerprint density at radius 2 is 2.12 bits per heavy atom. The second kappa shape index (κ2) is 7.01. The zero-order chi connectivity index (χ0) is 12.8. The molecular weight excluding hydrogens is 352 g/mol. The number of aryl methyl sites for hydroxylation is 1. The Bertz CT molecular complexity index is 405. The molecule has 1 aromatic carbocycles. The van der Waals surface area contributed by atoms with Gasteiger partial charge in [0, 0.05) is 5.33 Å². The molecule has 0 amide bonds. The molecule has 5 heteroatoms. The van der Waals surface area contributed by atoms with Gasteiger partial charge >= 0.3 is 5.97 Å². The number of carbonyl (C=O) groups is 1. The third-order valence-corrected chi connectivity index (χ3v) is 3.26. The molecule has 1 aromatic rings. The minimum atomic E-state index is -0.346. The van der Waals surface area contributed by atoms with Crippen molar-refractivity contribution in [3.8, 4) is 5.75 Å². The molecule has 1 rings (SSSR count). The molecule has 0 radical (unpaired) electrons. The van der Waals surface area contributed by atoms with Crippen molar-refractivity contribution in [2.45, 2.75) is 13.3 Å². The first-order valence-corrected chi connectivity index (χ1v) is 7.15. The average molecular weight is 366 g/mol. The summed E-state index contributed by atoms with van der Waals surface area (Å²) in [4.78, 5) is 11.9. The summed E-state index contributed by atoms with van der Waals surface area (Å²) in [5.74, 6) is 0.184. The van der Waals surface area contributed by atoms with Gasteiger partial charge in [0.1, 0.15) is 11.3 Å². The molecule has 94 valence electrons. The van der Waals surface area contributed by atoms with Crippen LogP contribution in [0.3, 0.4) is 0 Å². The van der Waals surface area contributed by atoms with Crippen molar-refractivity contribution in [1.82, 2.24) is 0 Å². The topological polar surface area (TPSA) is 35.5 Å². The van der Waals surface area contributed by atoms with Gasteiger partial charge in [-0.05, 0) is 40.9 Å². The molecule has 3 nitrogen and oxygen atoms in total. The van der Waals surface area contributed by atoms with Gasteiger partial charge in [-0.25, -0.2) is 4.79 Å². The lowest BCUT2D eigenvalue weighted by atomic mass is 10.0. The molecule has 0 aliphatic heterocycles. The van der Waals surface area contributed by atoms with Crippen LogP contribution in [0.2, 0.25) is 0 Å². The SMILES string of the molecule is CCOC(=O)c1c(CCBr)ccc(Br)c1OC. The van der Waals surface area contributed by atoms with Crippen LogP contribution in [0.1, 0.15) is 22.8 Å². The van der Waals surface area contributed by atoms with Crippen LogP contribution >= 0.6 is 31.9 Å². The second-order valence-electron chi connectivity index (χ2n) is 3.27. The van der Waals surface area contributed by atoms with Gasteiger partial charge in [-0.15, -0.1) is 0 Å². The van der Waals surface area contributed by atoms with E-state index in [-0.39, 0.29) is 5.97 Å². The van der Waals surface area contributed by atoms with Gasteiger partial charge in [0.2, 0.25) is 0 Å². The van der Waals surface area contributed by atoms with Crippen molar-refractivity contribution in [3.63, 3.8) is 0 Å². The highest BCUT2D eigenvalue weighted by Crippen LogP contribution is 2.32. The molecule has 0 N–H and O–H groups in total. The lowest BCUT2D eigenvalue weighted by Crippen LogP contribution is -2.11. The Kier molecular flexibility index (Phi) is 5.98. The summed E-state index contributed by atoms with van der Waals surface area (Å²) in [6.45, 7) is 2.13. The highest BCUT2D eigenvalue weighted by atomic mass is 79.9. The summed E-state index contributed by atoms with van der Waals surface area (Å²) in [6, 6.07) is 3.78. The van der Waals surface area contributed by atoms with Crippen molar-refractivity contribution < 1.29 is 14.3 Å². The third kappa shape index (κ3) is 3.45. The Labute approximate surface area is 118 Å². The Morgan fingerprint density at radius 1 is 1.41 bits per heavy atom. The van der Waals surface area contributed by atoms with Gasteiger partial charge in [-0.1, -0.05) is 22.0 Å². The number of halogens is 2. The summed E-state index contributed by atoms with van der Waals surface area (Å²) in [6.07, 6.45) is 0.748. The molecule has 0 aromatic heterocycles. The van der Waals surface area contributed by atoms with Gasteiger partial charge in [0.25, 0.3) is 0 Å². The highest BCUT2D eigenvalue weighted by Gasteiger charge is 2.20. The van der Waals surface area contributed by atoms with Gasteiger partial charge in [-0.3, -0.25) is 0 Å². The van der Waals surface area contributed by atoms with Crippen molar-refractivity contribution >= 4 is 37.8 Å². The van der Waals surface area contributed by atoms with Crippen LogP contribution in [0.25, 0.3) is 0 Å². The smallest absolute Gasteiger partial charge is 0.342 e. The number of carbonyl (C=O) groups excluding carboxylic acids is 1. The zero-order valence-corrected chi connectivity index (χ0v) is 12.9. The first-order chi connectivity index (χ1) is 8.15. The quantitative estimate of drug-likeness (QED) is 0.591. The van der Waals surface area contributed by atoms with E-state index in [9.17, 15) is 4.79 Å². The molecule has 0 atom stereocenters. The maximum atomic E-state index is 11.9. The largest absolute Gasteiger partial charge is 0.495 e. The zero-order valence-electron chi connectivity index (χ0n) is 9.76. The predicted molar refractivity (Wildman–Crippen MR) is 74.1 cm³/mol. The van der Waals surface area contributed by atoms with E-state index >= 15 is 0 Å². The van der Waals surface area contributed by atoms with Crippen LogP contribution in [0.5, 0.6) is 5.75 Å². The number of benzene rings is 1. The summed E-state index contributed by atoms with van der Waals surface area (Å²) >= 11 is 6.74. The molecular formula is C12H14Br2O3. The van der Waals surface area contributed by atoms with Gasteiger partial charge < -0.3 is 9.47 Å². The fraction of sp³-hybridized carbons (Fsp3) is 0.417. The van der Waals surface area contributed by atoms with Gasteiger partial charge in [0.05, 0.1) is 18.2 Å². The van der Waals surface area contributed by atoms with E-state index < -0.39 is 0 Å². The van der Waals surface area contributed by atoms with E-state index in [1.165, 1.54) is 0 Å². The lowest BCUT2D eigenvalue weighted by molar-refractivity contribution is 0.0521. The maximum absolute atomic E-state index is 11.9. The standard InChI is InChI=1S/C12H14Br2O3/c1-3-17-12(15)10-8(6-7-13)4-5-9(14)11(10)16-2/h4-5H,3,6-7H2,1-2H3. The molecule has 0 heterocycles. The number of ether oxygens (including phenoxy) is 2. The molecule has 0 saturated carbocycles. The fourth-order valence-electron chi connectivity index (χ4n) is 1.53. The van der Waals surface area contributed by atoms with Crippen molar-refractivity contribution in [1.29, 1.82) is 0 Å². The Balaban J connectivity index is 3.27. The van der Waals surface area contributed by atoms with Crippen LogP contribution < -0.4 is 4.74 Å². The number of alkyl halides is 1. The van der Waals surface area contributed by atoms with Gasteiger partial charge in [0.15, 0.2) is 0 Å². The van der Waals surface area contributed by atoms with Crippen LogP contribution in [0.15, 0.2) is 16.6 Å². The fourth-order valence-corrected chi connectivity index (χ4v) is 2.45. The van der Waals surface area contributed by atoms with E-state index in [1.54, 1.807) is 14.0 Å². The van der Waals surface area contributed by atoms with Crippen LogP contribution in [0.4, 0.5) is 0 Å². The van der Waals surface area contributed by atoms with E-state index in [0.717, 1.165) is 21.8 Å². The summed E-state index contributed by atoms with van der Waals surface area (Å²) in [5, 5.41) is 0.782. The normalized spacial score (nSPS) is 10.1. The van der Waals surface area contributed by atoms with Gasteiger partial charge in [-0.2, -0.15) is 0 Å². The number of hydrogen-bond donors (Lipinski definition) is 0. The molecule has 0 aliphatic carbocycles. The van der Waals surface area contributed by atoms with E-state index in [1.807, 2.05) is 12.1 Å². The first-order valence-electron chi connectivity index (χ1n) is 5.24. The molecule has 0 saturated heterocycles. The van der Waals surface area contributed by atoms with Crippen molar-refractivity contribution in [3.05, 3.63) is 27.7 Å². The maximum Gasteiger partial charge on any atom is 0.342 e. The molecule has 0 unspecified atom stereocenters. The molecule has 0 bridgehead atoms. The first kappa shape index (κ1) is 14.5. The second-order valence-corrected chi connectivity index (χ2v) is 4.92. The molecule has 0 spiro atoms. The van der Waals surface area contributed by atoms with E-state index in [2.05, 4.69) is 31.9 Å². The van der Waals surface area contributed by atoms with Crippen LogP contribution in [-0.2, 0) is 11.2 Å². The summed E-state index contributed by atoms with van der Waals surface area (Å²) < 4.78 is 11.1. The van der Waals surface area contributed by atoms with Crippen LogP contribution in [0, 0.1) is 0 Å². The summed E-state index contributed by atoms with van der Waals surface area (Å²) in [5.41, 5.74) is 1.42. The van der Waals surface area contributed by atoms with Crippen molar-refractivity contribution in [2.24, 2.45) is 0 Å². The Hall–Kier alpha value is -0.550. The minimum absolute atomic E-state index is 0.346. The number of rotatable bonds is 5. The number of methoxy groups -OCH3 is 1. The molecule has 0 fully saturated rings. The minimum Gasteiger partial charge on any atom is -0.495 e. The Morgan fingerprint density at radius 3 is 2.65 bits per heavy atom. The van der Waals surface area contributed by atoms with E-state index in [4.69, 9.17) is 9.47 Å². The lowest BCUT2D eigenvalue weighted by Gasteiger charge is -2.13. The predicted octanol–water partition coefficient (Wildman–Crippen LogP) is 3.57. The number of esters is 1. The van der Waals surface area contributed by atoms with E-state index in [0.29, 0.717) is 17.9 Å². The summed E-state index contributed by atoms with van der Waals surface area (Å²) in [7, 11) is 1.54. The molecule has 0 aliphatic rings. The molecule has 17 heavy (non-hydrogen) atoms. The average Bonchev–Trinajstić information content (AvgIpc) is 2.31. The number of hydrogen-bond acceptors (Lipinski definition) is 3. The van der Waals surface area contributed by atoms with Crippen molar-refractivity contribution in [2.75, 3.05) is 19.0 Å². The third-order valence-electron chi connectivity index (χ3n) is 2.24. The highest BCUT2D eigenvalue weighted by molar-refractivity contribution is 9.10. The monoisotopic (exact) mass is 364 g/mol. The van der Waals surface area contributed by atoms with Crippen LogP contribution in [-0.4, -0.2) is 25.0 Å².